The molecule has 0 saturated carbocycles. The Labute approximate surface area is 168 Å². The van der Waals surface area contributed by atoms with Crippen LogP contribution in [0.2, 0.25) is 0 Å². The molecule has 1 fully saturated rings. The minimum Gasteiger partial charge on any atom is -0.416 e. The Bertz CT molecular complexity index is 987. The lowest BCUT2D eigenvalue weighted by Crippen LogP contribution is -2.22. The van der Waals surface area contributed by atoms with Crippen LogP contribution in [-0.2, 0) is 33.9 Å². The number of nitrogens with one attached hydrogen (secondary N) is 1. The first-order chi connectivity index (χ1) is 13.4. The number of hydrogen-bond acceptors (Lipinski definition) is 7. The van der Waals surface area contributed by atoms with Crippen LogP contribution in [0.15, 0.2) is 27.8 Å². The smallest absolute Gasteiger partial charge is 0.277 e. The second-order valence-electron chi connectivity index (χ2n) is 7.52. The molecule has 2 aliphatic rings. The third-order valence-corrected chi connectivity index (χ3v) is 8.02. The van der Waals surface area contributed by atoms with Crippen molar-refractivity contribution in [3.05, 3.63) is 35.2 Å². The maximum Gasteiger partial charge on any atom is 0.277 e. The quantitative estimate of drug-likeness (QED) is 0.715. The molecule has 0 radical (unpaired) electrons. The summed E-state index contributed by atoms with van der Waals surface area (Å²) in [5, 5.41) is 10.9. The summed E-state index contributed by atoms with van der Waals surface area (Å²) in [6, 6.07) is 6.08. The zero-order chi connectivity index (χ0) is 19.7. The molecule has 1 amide bonds. The van der Waals surface area contributed by atoms with E-state index in [0.717, 1.165) is 18.5 Å². The van der Waals surface area contributed by atoms with E-state index in [-0.39, 0.29) is 23.3 Å². The number of fused-ring (bicyclic) bond motifs is 1. The van der Waals surface area contributed by atoms with Crippen molar-refractivity contribution in [1.29, 1.82) is 0 Å². The number of carbonyl (C=O) groups excluding carboxylic acids is 1. The Morgan fingerprint density at radius 1 is 1.32 bits per heavy atom. The van der Waals surface area contributed by atoms with Crippen molar-refractivity contribution < 1.29 is 17.6 Å². The van der Waals surface area contributed by atoms with Crippen LogP contribution in [0.25, 0.3) is 0 Å². The van der Waals surface area contributed by atoms with Gasteiger partial charge in [-0.15, -0.1) is 10.2 Å². The predicted octanol–water partition coefficient (Wildman–Crippen LogP) is 2.65. The van der Waals surface area contributed by atoms with Gasteiger partial charge in [0.25, 0.3) is 5.22 Å². The molecule has 2 heterocycles. The van der Waals surface area contributed by atoms with Gasteiger partial charge in [0.2, 0.25) is 11.8 Å². The molecule has 4 rings (SSSR count). The van der Waals surface area contributed by atoms with Gasteiger partial charge in [0.15, 0.2) is 9.84 Å². The molecule has 9 heteroatoms. The first kappa shape index (κ1) is 19.4. The van der Waals surface area contributed by atoms with Gasteiger partial charge in [0.1, 0.15) is 0 Å². The molecule has 0 bridgehead atoms. The van der Waals surface area contributed by atoms with E-state index >= 15 is 0 Å². The maximum atomic E-state index is 12.5. The van der Waals surface area contributed by atoms with Gasteiger partial charge < -0.3 is 9.73 Å². The highest BCUT2D eigenvalue weighted by atomic mass is 32.2. The fraction of sp³-hybridized carbons (Fsp3) is 0.526. The summed E-state index contributed by atoms with van der Waals surface area (Å²) in [6.45, 7) is 1.79. The molecule has 0 spiro atoms. The standard InChI is InChI=1S/C19H23N3O4S2/c1-12(18(23)20-16-6-5-14-3-2-4-15(14)10-16)27-19-22-21-17(26-19)9-13-7-8-28(24,25)11-13/h5-6,10,12-13H,2-4,7-9,11H2,1H3,(H,20,23). The fourth-order valence-electron chi connectivity index (χ4n) is 3.75. The molecule has 1 N–H and O–H groups in total. The van der Waals surface area contributed by atoms with Crippen LogP contribution >= 0.6 is 11.8 Å². The number of rotatable bonds is 6. The van der Waals surface area contributed by atoms with Crippen molar-refractivity contribution in [3.63, 3.8) is 0 Å². The molecule has 1 aliphatic heterocycles. The molecule has 28 heavy (non-hydrogen) atoms. The van der Waals surface area contributed by atoms with Gasteiger partial charge in [0.05, 0.1) is 16.8 Å². The van der Waals surface area contributed by atoms with Crippen LogP contribution in [0, 0.1) is 5.92 Å². The van der Waals surface area contributed by atoms with Crippen LogP contribution in [0.5, 0.6) is 0 Å². The van der Waals surface area contributed by atoms with Gasteiger partial charge in [-0.05, 0) is 61.8 Å². The SMILES string of the molecule is CC(Sc1nnc(CC2CCS(=O)(=O)C2)o1)C(=O)Nc1ccc2c(c1)CCC2. The van der Waals surface area contributed by atoms with Crippen molar-refractivity contribution >= 4 is 33.2 Å². The van der Waals surface area contributed by atoms with Crippen molar-refractivity contribution in [2.24, 2.45) is 5.92 Å². The highest BCUT2D eigenvalue weighted by Gasteiger charge is 2.29. The first-order valence-electron chi connectivity index (χ1n) is 9.50. The molecule has 2 atom stereocenters. The van der Waals surface area contributed by atoms with Crippen molar-refractivity contribution in [3.8, 4) is 0 Å². The second kappa shape index (κ2) is 7.87. The maximum absolute atomic E-state index is 12.5. The van der Waals surface area contributed by atoms with E-state index in [0.29, 0.717) is 24.0 Å². The van der Waals surface area contributed by atoms with E-state index in [1.807, 2.05) is 6.07 Å². The molecule has 1 saturated heterocycles. The van der Waals surface area contributed by atoms with Gasteiger partial charge in [-0.3, -0.25) is 4.79 Å². The van der Waals surface area contributed by atoms with Gasteiger partial charge >= 0.3 is 0 Å². The monoisotopic (exact) mass is 421 g/mol. The second-order valence-corrected chi connectivity index (χ2v) is 11.0. The lowest BCUT2D eigenvalue weighted by Gasteiger charge is -2.11. The number of hydrogen-bond donors (Lipinski definition) is 1. The Balaban J connectivity index is 1.31. The molecule has 1 aliphatic carbocycles. The van der Waals surface area contributed by atoms with E-state index < -0.39 is 15.1 Å². The number of aryl methyl sites for hydroxylation is 2. The van der Waals surface area contributed by atoms with Crippen LogP contribution in [-0.4, -0.2) is 41.3 Å². The molecule has 1 aromatic heterocycles. The Kier molecular flexibility index (Phi) is 5.46. The number of aromatic nitrogens is 2. The summed E-state index contributed by atoms with van der Waals surface area (Å²) >= 11 is 1.20. The van der Waals surface area contributed by atoms with Gasteiger partial charge in [-0.2, -0.15) is 0 Å². The predicted molar refractivity (Wildman–Crippen MR) is 107 cm³/mol. The number of carbonyl (C=O) groups is 1. The van der Waals surface area contributed by atoms with E-state index in [1.54, 1.807) is 6.92 Å². The molecule has 1 aromatic carbocycles. The van der Waals surface area contributed by atoms with Gasteiger partial charge in [-0.1, -0.05) is 17.8 Å². The summed E-state index contributed by atoms with van der Waals surface area (Å²) in [6.07, 6.45) is 4.44. The molecule has 2 unspecified atom stereocenters. The lowest BCUT2D eigenvalue weighted by molar-refractivity contribution is -0.115. The summed E-state index contributed by atoms with van der Waals surface area (Å²) in [7, 11) is -2.92. The largest absolute Gasteiger partial charge is 0.416 e. The van der Waals surface area contributed by atoms with E-state index in [9.17, 15) is 13.2 Å². The summed E-state index contributed by atoms with van der Waals surface area (Å²) < 4.78 is 28.7. The zero-order valence-corrected chi connectivity index (χ0v) is 17.3. The Morgan fingerprint density at radius 3 is 2.93 bits per heavy atom. The zero-order valence-electron chi connectivity index (χ0n) is 15.7. The Morgan fingerprint density at radius 2 is 2.14 bits per heavy atom. The Hall–Kier alpha value is -1.87. The minimum atomic E-state index is -2.92. The lowest BCUT2D eigenvalue weighted by atomic mass is 10.1. The van der Waals surface area contributed by atoms with Crippen LogP contribution in [0.1, 0.15) is 36.8 Å². The van der Waals surface area contributed by atoms with Crippen LogP contribution < -0.4 is 5.32 Å². The normalized spacial score (nSPS) is 21.4. The van der Waals surface area contributed by atoms with E-state index in [1.165, 1.54) is 29.3 Å². The number of benzene rings is 1. The number of anilines is 1. The number of amides is 1. The summed E-state index contributed by atoms with van der Waals surface area (Å²) in [5.74, 6) is 0.745. The van der Waals surface area contributed by atoms with Crippen molar-refractivity contribution in [2.75, 3.05) is 16.8 Å². The number of sulfone groups is 1. The van der Waals surface area contributed by atoms with E-state index in [2.05, 4.69) is 27.6 Å². The number of thioether (sulfide) groups is 1. The summed E-state index contributed by atoms with van der Waals surface area (Å²) in [4.78, 5) is 12.5. The van der Waals surface area contributed by atoms with Gasteiger partial charge in [-0.25, -0.2) is 8.42 Å². The highest BCUT2D eigenvalue weighted by Crippen LogP contribution is 2.28. The van der Waals surface area contributed by atoms with Gasteiger partial charge in [0, 0.05) is 12.1 Å². The average Bonchev–Trinajstić information content (AvgIpc) is 3.35. The molecular formula is C19H23N3O4S2. The summed E-state index contributed by atoms with van der Waals surface area (Å²) in [5.41, 5.74) is 3.49. The highest BCUT2D eigenvalue weighted by molar-refractivity contribution is 8.00. The van der Waals surface area contributed by atoms with Crippen molar-refractivity contribution in [2.45, 2.75) is 49.5 Å². The third-order valence-electron chi connectivity index (χ3n) is 5.25. The third kappa shape index (κ3) is 4.57. The molecule has 150 valence electrons. The van der Waals surface area contributed by atoms with Crippen LogP contribution in [0.4, 0.5) is 5.69 Å². The molecular weight excluding hydrogens is 398 g/mol. The molecule has 7 nitrogen and oxygen atoms in total. The van der Waals surface area contributed by atoms with Crippen LogP contribution in [0.3, 0.4) is 0 Å². The number of nitrogens with zero attached hydrogens (tertiary/aromatic N) is 2. The van der Waals surface area contributed by atoms with E-state index in [4.69, 9.17) is 4.42 Å². The minimum absolute atomic E-state index is 0.0313. The topological polar surface area (TPSA) is 102 Å². The first-order valence-corrected chi connectivity index (χ1v) is 12.2. The fourth-order valence-corrected chi connectivity index (χ4v) is 6.31. The van der Waals surface area contributed by atoms with Crippen molar-refractivity contribution in [1.82, 2.24) is 10.2 Å². The molecule has 2 aromatic rings. The average molecular weight is 422 g/mol.